The Hall–Kier alpha value is -2.49. The van der Waals surface area contributed by atoms with Crippen molar-refractivity contribution in [1.29, 1.82) is 0 Å². The highest BCUT2D eigenvalue weighted by Crippen LogP contribution is 2.28. The molecule has 0 unspecified atom stereocenters. The maximum atomic E-state index is 12.8. The first kappa shape index (κ1) is 19.3. The molecule has 2 amide bonds. The van der Waals surface area contributed by atoms with Gasteiger partial charge in [-0.2, -0.15) is 13.2 Å². The van der Waals surface area contributed by atoms with Crippen LogP contribution in [0.3, 0.4) is 0 Å². The molecule has 0 atom stereocenters. The number of pyridine rings is 1. The Balaban J connectivity index is 1.74. The minimum atomic E-state index is -4.60. The number of amides is 2. The van der Waals surface area contributed by atoms with E-state index in [1.54, 1.807) is 14.1 Å². The zero-order valence-electron chi connectivity index (χ0n) is 14.7. The first-order chi connectivity index (χ1) is 12.7. The molecule has 0 saturated heterocycles. The van der Waals surface area contributed by atoms with Crippen molar-refractivity contribution in [2.45, 2.75) is 19.0 Å². The second-order valence-electron chi connectivity index (χ2n) is 6.31. The van der Waals surface area contributed by atoms with Gasteiger partial charge in [-0.1, -0.05) is 0 Å². The van der Waals surface area contributed by atoms with Crippen LogP contribution in [-0.2, 0) is 19.0 Å². The van der Waals surface area contributed by atoms with Gasteiger partial charge in [-0.05, 0) is 12.1 Å². The maximum Gasteiger partial charge on any atom is 0.433 e. The van der Waals surface area contributed by atoms with Gasteiger partial charge in [0.25, 0.3) is 11.8 Å². The summed E-state index contributed by atoms with van der Waals surface area (Å²) < 4.78 is 38.4. The van der Waals surface area contributed by atoms with Gasteiger partial charge in [0, 0.05) is 56.7 Å². The number of nitrogens with zero attached hydrogens (tertiary/aromatic N) is 4. The Kier molecular flexibility index (Phi) is 5.18. The second kappa shape index (κ2) is 7.26. The maximum absolute atomic E-state index is 12.8. The molecule has 27 heavy (non-hydrogen) atoms. The first-order valence-corrected chi connectivity index (χ1v) is 9.01. The zero-order valence-corrected chi connectivity index (χ0v) is 15.5. The summed E-state index contributed by atoms with van der Waals surface area (Å²) in [5.74, 6) is -0.639. The van der Waals surface area contributed by atoms with Crippen molar-refractivity contribution in [2.75, 3.05) is 27.2 Å². The molecule has 0 N–H and O–H groups in total. The summed E-state index contributed by atoms with van der Waals surface area (Å²) in [4.78, 5) is 36.2. The minimum absolute atomic E-state index is 0.0426. The van der Waals surface area contributed by atoms with Crippen LogP contribution in [0.25, 0.3) is 0 Å². The second-order valence-corrected chi connectivity index (χ2v) is 7.39. The number of thiazole rings is 1. The van der Waals surface area contributed by atoms with Crippen LogP contribution < -0.4 is 0 Å². The monoisotopic (exact) mass is 398 g/mol. The molecule has 2 aromatic heterocycles. The molecule has 2 aromatic rings. The van der Waals surface area contributed by atoms with Crippen LogP contribution in [0.2, 0.25) is 0 Å². The third-order valence-corrected chi connectivity index (χ3v) is 5.32. The van der Waals surface area contributed by atoms with Gasteiger partial charge in [0.05, 0.1) is 5.69 Å². The van der Waals surface area contributed by atoms with Gasteiger partial charge >= 0.3 is 6.18 Å². The van der Waals surface area contributed by atoms with E-state index in [1.165, 1.54) is 27.2 Å². The molecule has 1 aliphatic heterocycles. The average Bonchev–Trinajstić information content (AvgIpc) is 2.93. The highest BCUT2D eigenvalue weighted by Gasteiger charge is 2.33. The van der Waals surface area contributed by atoms with E-state index in [1.807, 2.05) is 0 Å². The van der Waals surface area contributed by atoms with Crippen LogP contribution in [0, 0.1) is 0 Å². The number of hydrogen-bond donors (Lipinski definition) is 0. The number of carbonyl (C=O) groups is 2. The van der Waals surface area contributed by atoms with E-state index in [2.05, 4.69) is 9.97 Å². The number of aromatic nitrogens is 2. The summed E-state index contributed by atoms with van der Waals surface area (Å²) in [7, 11) is 3.30. The number of rotatable bonds is 2. The summed E-state index contributed by atoms with van der Waals surface area (Å²) in [6.07, 6.45) is -2.64. The Morgan fingerprint density at radius 3 is 2.59 bits per heavy atom. The van der Waals surface area contributed by atoms with Gasteiger partial charge in [-0.15, -0.1) is 11.3 Å². The van der Waals surface area contributed by atoms with Gasteiger partial charge in [0.15, 0.2) is 5.01 Å². The van der Waals surface area contributed by atoms with Crippen molar-refractivity contribution < 1.29 is 22.8 Å². The van der Waals surface area contributed by atoms with Crippen LogP contribution >= 0.6 is 11.3 Å². The van der Waals surface area contributed by atoms with Crippen LogP contribution in [0.5, 0.6) is 0 Å². The van der Waals surface area contributed by atoms with Gasteiger partial charge in [0.2, 0.25) is 0 Å². The summed E-state index contributed by atoms with van der Waals surface area (Å²) in [6.45, 7) is 0.683. The van der Waals surface area contributed by atoms with E-state index < -0.39 is 17.8 Å². The predicted octanol–water partition coefficient (Wildman–Crippen LogP) is 2.50. The normalized spacial score (nSPS) is 14.5. The highest BCUT2D eigenvalue weighted by molar-refractivity contribution is 7.13. The van der Waals surface area contributed by atoms with Gasteiger partial charge in [-0.25, -0.2) is 4.98 Å². The average molecular weight is 398 g/mol. The Morgan fingerprint density at radius 1 is 1.22 bits per heavy atom. The Morgan fingerprint density at radius 2 is 1.93 bits per heavy atom. The lowest BCUT2D eigenvalue weighted by molar-refractivity contribution is -0.141. The molecule has 144 valence electrons. The number of carbonyl (C=O) groups excluding carboxylic acids is 2. The lowest BCUT2D eigenvalue weighted by Gasteiger charge is -2.20. The van der Waals surface area contributed by atoms with E-state index in [4.69, 9.17) is 0 Å². The largest absolute Gasteiger partial charge is 0.433 e. The highest BCUT2D eigenvalue weighted by atomic mass is 32.1. The van der Waals surface area contributed by atoms with Crippen molar-refractivity contribution in [1.82, 2.24) is 19.8 Å². The Bertz CT molecular complexity index is 854. The molecule has 1 aliphatic rings. The predicted molar refractivity (Wildman–Crippen MR) is 92.7 cm³/mol. The van der Waals surface area contributed by atoms with E-state index >= 15 is 0 Å². The topological polar surface area (TPSA) is 66.4 Å². The van der Waals surface area contributed by atoms with E-state index in [0.29, 0.717) is 30.9 Å². The fraction of sp³-hybridized carbons (Fsp3) is 0.412. The molecular formula is C17H17F3N4O2S. The van der Waals surface area contributed by atoms with Crippen LogP contribution in [0.4, 0.5) is 13.2 Å². The molecule has 3 rings (SSSR count). The molecule has 0 radical (unpaired) electrons. The molecule has 0 fully saturated rings. The van der Waals surface area contributed by atoms with Crippen molar-refractivity contribution >= 4 is 23.2 Å². The number of hydrogen-bond acceptors (Lipinski definition) is 5. The number of alkyl halides is 3. The molecule has 0 aliphatic carbocycles. The van der Waals surface area contributed by atoms with Gasteiger partial charge < -0.3 is 9.80 Å². The third kappa shape index (κ3) is 4.10. The summed E-state index contributed by atoms with van der Waals surface area (Å²) >= 11 is 1.30. The van der Waals surface area contributed by atoms with Crippen molar-refractivity contribution in [3.8, 4) is 0 Å². The smallest absolute Gasteiger partial charge is 0.343 e. The van der Waals surface area contributed by atoms with E-state index in [9.17, 15) is 22.8 Å². The SMILES string of the molecule is CN(C)C(=O)c1nc2c(s1)CCN(C(=O)c1ccnc(C(F)(F)F)c1)CC2. The quantitative estimate of drug-likeness (QED) is 0.780. The molecule has 0 saturated carbocycles. The van der Waals surface area contributed by atoms with Crippen molar-refractivity contribution in [3.05, 3.63) is 45.2 Å². The minimum Gasteiger partial charge on any atom is -0.343 e. The van der Waals surface area contributed by atoms with Gasteiger partial charge in [-0.3, -0.25) is 14.6 Å². The molecule has 0 bridgehead atoms. The third-order valence-electron chi connectivity index (χ3n) is 4.18. The van der Waals surface area contributed by atoms with Crippen LogP contribution in [-0.4, -0.2) is 58.8 Å². The summed E-state index contributed by atoms with van der Waals surface area (Å²) in [5.41, 5.74) is -0.360. The van der Waals surface area contributed by atoms with Crippen molar-refractivity contribution in [3.63, 3.8) is 0 Å². The summed E-state index contributed by atoms with van der Waals surface area (Å²) in [6, 6.07) is 2.05. The fourth-order valence-corrected chi connectivity index (χ4v) is 3.87. The van der Waals surface area contributed by atoms with E-state index in [-0.39, 0.29) is 11.5 Å². The van der Waals surface area contributed by atoms with Crippen molar-refractivity contribution in [2.24, 2.45) is 0 Å². The number of halogens is 3. The standard InChI is InChI=1S/C17H17F3N4O2S/c1-23(2)16(26)14-22-11-4-7-24(8-5-12(11)27-14)15(25)10-3-6-21-13(9-10)17(18,19)20/h3,6,9H,4-5,7-8H2,1-2H3. The summed E-state index contributed by atoms with van der Waals surface area (Å²) in [5, 5.41) is 0.411. The molecular weight excluding hydrogens is 381 g/mol. The van der Waals surface area contributed by atoms with Crippen LogP contribution in [0.15, 0.2) is 18.3 Å². The molecule has 0 spiro atoms. The lowest BCUT2D eigenvalue weighted by Crippen LogP contribution is -2.33. The Labute approximate surface area is 157 Å². The molecule has 6 nitrogen and oxygen atoms in total. The fourth-order valence-electron chi connectivity index (χ4n) is 2.75. The first-order valence-electron chi connectivity index (χ1n) is 8.19. The van der Waals surface area contributed by atoms with Gasteiger partial charge in [0.1, 0.15) is 5.69 Å². The molecule has 0 aromatic carbocycles. The zero-order chi connectivity index (χ0) is 19.8. The van der Waals surface area contributed by atoms with Crippen LogP contribution in [0.1, 0.15) is 36.4 Å². The molecule has 10 heteroatoms. The number of fused-ring (bicyclic) bond motifs is 1. The molecule has 3 heterocycles. The van der Waals surface area contributed by atoms with E-state index in [0.717, 1.165) is 22.8 Å². The lowest BCUT2D eigenvalue weighted by atomic mass is 10.2.